The molecule has 2 fully saturated rings. The molecule has 0 aliphatic carbocycles. The SMILES string of the molecule is CCN1CCN(C2CCN(C(C)C(=O)Nc3cc(C)no3)CC2)C1=O. The number of nitrogens with one attached hydrogen (secondary N) is 1. The Bertz CT molecular complexity index is 624. The highest BCUT2D eigenvalue weighted by molar-refractivity contribution is 5.93. The number of carbonyl (C=O) groups excluding carboxylic acids is 2. The summed E-state index contributed by atoms with van der Waals surface area (Å²) >= 11 is 0. The van der Waals surface area contributed by atoms with Crippen LogP contribution < -0.4 is 5.32 Å². The monoisotopic (exact) mass is 349 g/mol. The van der Waals surface area contributed by atoms with Crippen molar-refractivity contribution in [1.29, 1.82) is 0 Å². The van der Waals surface area contributed by atoms with Gasteiger partial charge in [-0.05, 0) is 33.6 Å². The third-order valence-electron chi connectivity index (χ3n) is 5.25. The van der Waals surface area contributed by atoms with Crippen LogP contribution in [0.25, 0.3) is 0 Å². The Morgan fingerprint density at radius 2 is 2.08 bits per heavy atom. The van der Waals surface area contributed by atoms with Crippen molar-refractivity contribution in [2.45, 2.75) is 45.7 Å². The molecule has 2 aliphatic rings. The fraction of sp³-hybridized carbons (Fsp3) is 0.706. The summed E-state index contributed by atoms with van der Waals surface area (Å²) in [5.74, 6) is 0.288. The van der Waals surface area contributed by atoms with Crippen LogP contribution in [0.15, 0.2) is 10.6 Å². The van der Waals surface area contributed by atoms with Crippen LogP contribution in [0.2, 0.25) is 0 Å². The van der Waals surface area contributed by atoms with Gasteiger partial charge in [0.1, 0.15) is 0 Å². The van der Waals surface area contributed by atoms with Gasteiger partial charge in [-0.25, -0.2) is 4.79 Å². The minimum Gasteiger partial charge on any atom is -0.338 e. The first-order chi connectivity index (χ1) is 12.0. The molecule has 0 bridgehead atoms. The maximum Gasteiger partial charge on any atom is 0.320 e. The average Bonchev–Trinajstić information content (AvgIpc) is 3.19. The number of aromatic nitrogens is 1. The summed E-state index contributed by atoms with van der Waals surface area (Å²) in [6.45, 7) is 9.76. The number of carbonyl (C=O) groups is 2. The molecule has 25 heavy (non-hydrogen) atoms. The second-order valence-corrected chi connectivity index (χ2v) is 6.82. The Hall–Kier alpha value is -2.09. The molecule has 3 amide bonds. The highest BCUT2D eigenvalue weighted by Gasteiger charge is 2.36. The number of urea groups is 1. The molecule has 0 radical (unpaired) electrons. The van der Waals surface area contributed by atoms with Crippen LogP contribution in [0.1, 0.15) is 32.4 Å². The lowest BCUT2D eigenvalue weighted by atomic mass is 10.0. The van der Waals surface area contributed by atoms with Gasteiger partial charge in [0, 0.05) is 44.8 Å². The lowest BCUT2D eigenvalue weighted by molar-refractivity contribution is -0.121. The molecule has 3 rings (SSSR count). The van der Waals surface area contributed by atoms with Crippen molar-refractivity contribution in [2.75, 3.05) is 38.0 Å². The van der Waals surface area contributed by atoms with Crippen LogP contribution in [0, 0.1) is 6.92 Å². The molecule has 138 valence electrons. The zero-order valence-corrected chi connectivity index (χ0v) is 15.2. The van der Waals surface area contributed by atoms with Crippen LogP contribution in [0.5, 0.6) is 0 Å². The van der Waals surface area contributed by atoms with Crippen LogP contribution in [0.3, 0.4) is 0 Å². The fourth-order valence-corrected chi connectivity index (χ4v) is 3.63. The Balaban J connectivity index is 1.50. The molecule has 3 heterocycles. The van der Waals surface area contributed by atoms with Crippen LogP contribution in [-0.2, 0) is 4.79 Å². The van der Waals surface area contributed by atoms with Crippen molar-refractivity contribution in [3.8, 4) is 0 Å². The number of likely N-dealkylation sites (N-methyl/N-ethyl adjacent to an activating group) is 1. The average molecular weight is 349 g/mol. The molecule has 2 saturated heterocycles. The maximum atomic E-state index is 12.4. The van der Waals surface area contributed by atoms with Gasteiger partial charge in [0.05, 0.1) is 11.7 Å². The maximum absolute atomic E-state index is 12.4. The van der Waals surface area contributed by atoms with E-state index < -0.39 is 0 Å². The molecule has 8 nitrogen and oxygen atoms in total. The standard InChI is InChI=1S/C17H27N5O3/c1-4-20-9-10-22(17(20)24)14-5-7-21(8-6-14)13(3)16(23)18-15-11-12(2)19-25-15/h11,13-14H,4-10H2,1-3H3,(H,18,23). The van der Waals surface area contributed by atoms with Crippen LogP contribution in [0.4, 0.5) is 10.7 Å². The lowest BCUT2D eigenvalue weighted by Crippen LogP contribution is -2.51. The van der Waals surface area contributed by atoms with Gasteiger partial charge in [-0.15, -0.1) is 0 Å². The fourth-order valence-electron chi connectivity index (χ4n) is 3.63. The predicted octanol–water partition coefficient (Wildman–Crippen LogP) is 1.53. The normalized spacial score (nSPS) is 21.0. The van der Waals surface area contributed by atoms with Gasteiger partial charge in [0.25, 0.3) is 0 Å². The van der Waals surface area contributed by atoms with Gasteiger partial charge in [-0.1, -0.05) is 5.16 Å². The molecule has 1 N–H and O–H groups in total. The van der Waals surface area contributed by atoms with E-state index in [2.05, 4.69) is 15.4 Å². The first-order valence-corrected chi connectivity index (χ1v) is 9.03. The van der Waals surface area contributed by atoms with Gasteiger partial charge in [0.2, 0.25) is 11.8 Å². The highest BCUT2D eigenvalue weighted by atomic mass is 16.5. The Kier molecular flexibility index (Phi) is 5.27. The number of hydrogen-bond acceptors (Lipinski definition) is 5. The van der Waals surface area contributed by atoms with E-state index in [9.17, 15) is 9.59 Å². The van der Waals surface area contributed by atoms with Gasteiger partial charge in [-0.3, -0.25) is 15.0 Å². The summed E-state index contributed by atoms with van der Waals surface area (Å²) in [6, 6.07) is 1.91. The molecule has 0 spiro atoms. The van der Waals surface area contributed by atoms with Crippen molar-refractivity contribution in [2.24, 2.45) is 0 Å². The zero-order chi connectivity index (χ0) is 18.0. The number of nitrogens with zero attached hydrogens (tertiary/aromatic N) is 4. The second-order valence-electron chi connectivity index (χ2n) is 6.82. The number of aryl methyl sites for hydroxylation is 1. The minimum absolute atomic E-state index is 0.0935. The van der Waals surface area contributed by atoms with E-state index >= 15 is 0 Å². The van der Waals surface area contributed by atoms with Gasteiger partial charge >= 0.3 is 6.03 Å². The number of amides is 3. The number of hydrogen-bond donors (Lipinski definition) is 1. The molecule has 1 aromatic rings. The van der Waals surface area contributed by atoms with E-state index in [-0.39, 0.29) is 24.0 Å². The molecule has 1 unspecified atom stereocenters. The molecule has 2 aliphatic heterocycles. The number of piperidine rings is 1. The molecule has 1 atom stereocenters. The Morgan fingerprint density at radius 3 is 2.64 bits per heavy atom. The van der Waals surface area contributed by atoms with Crippen molar-refractivity contribution < 1.29 is 14.1 Å². The van der Waals surface area contributed by atoms with Gasteiger partial charge in [-0.2, -0.15) is 0 Å². The highest BCUT2D eigenvalue weighted by Crippen LogP contribution is 2.22. The first kappa shape index (κ1) is 17.7. The summed E-state index contributed by atoms with van der Waals surface area (Å²) in [5.41, 5.74) is 0.736. The smallest absolute Gasteiger partial charge is 0.320 e. The lowest BCUT2D eigenvalue weighted by Gasteiger charge is -2.38. The first-order valence-electron chi connectivity index (χ1n) is 9.03. The summed E-state index contributed by atoms with van der Waals surface area (Å²) in [4.78, 5) is 30.8. The van der Waals surface area contributed by atoms with E-state index in [1.165, 1.54) is 0 Å². The minimum atomic E-state index is -0.243. The molecule has 8 heteroatoms. The quantitative estimate of drug-likeness (QED) is 0.872. The molecule has 1 aromatic heterocycles. The van der Waals surface area contributed by atoms with Crippen LogP contribution >= 0.6 is 0 Å². The van der Waals surface area contributed by atoms with E-state index in [4.69, 9.17) is 4.52 Å². The topological polar surface area (TPSA) is 81.9 Å². The summed E-state index contributed by atoms with van der Waals surface area (Å²) in [6.07, 6.45) is 1.81. The van der Waals surface area contributed by atoms with Gasteiger partial charge < -0.3 is 14.3 Å². The second kappa shape index (κ2) is 7.43. The third kappa shape index (κ3) is 3.78. The Morgan fingerprint density at radius 1 is 1.36 bits per heavy atom. The van der Waals surface area contributed by atoms with E-state index in [1.807, 2.05) is 30.6 Å². The molecule has 0 saturated carbocycles. The van der Waals surface area contributed by atoms with E-state index in [1.54, 1.807) is 6.07 Å². The van der Waals surface area contributed by atoms with Gasteiger partial charge in [0.15, 0.2) is 0 Å². The van der Waals surface area contributed by atoms with Crippen molar-refractivity contribution in [1.82, 2.24) is 19.9 Å². The summed E-state index contributed by atoms with van der Waals surface area (Å²) in [7, 11) is 0. The number of likely N-dealkylation sites (tertiary alicyclic amines) is 1. The number of rotatable bonds is 5. The summed E-state index contributed by atoms with van der Waals surface area (Å²) in [5, 5.41) is 6.54. The number of anilines is 1. The largest absolute Gasteiger partial charge is 0.338 e. The molecular weight excluding hydrogens is 322 g/mol. The predicted molar refractivity (Wildman–Crippen MR) is 93.3 cm³/mol. The molecule has 0 aromatic carbocycles. The molecular formula is C17H27N5O3. The van der Waals surface area contributed by atoms with Crippen LogP contribution in [-0.4, -0.2) is 76.6 Å². The van der Waals surface area contributed by atoms with E-state index in [0.29, 0.717) is 5.88 Å². The Labute approximate surface area is 148 Å². The zero-order valence-electron chi connectivity index (χ0n) is 15.2. The van der Waals surface area contributed by atoms with Crippen molar-refractivity contribution in [3.05, 3.63) is 11.8 Å². The van der Waals surface area contributed by atoms with Crippen molar-refractivity contribution >= 4 is 17.8 Å². The van der Waals surface area contributed by atoms with E-state index in [0.717, 1.165) is 51.3 Å². The van der Waals surface area contributed by atoms with Crippen molar-refractivity contribution in [3.63, 3.8) is 0 Å². The third-order valence-corrected chi connectivity index (χ3v) is 5.25. The summed E-state index contributed by atoms with van der Waals surface area (Å²) < 4.78 is 5.04.